The third-order valence-electron chi connectivity index (χ3n) is 6.31. The quantitative estimate of drug-likeness (QED) is 0.257. The highest BCUT2D eigenvalue weighted by atomic mass is 16.7. The molecule has 0 radical (unpaired) electrons. The minimum absolute atomic E-state index is 0.0910. The van der Waals surface area contributed by atoms with Crippen molar-refractivity contribution in [1.29, 1.82) is 0 Å². The standard InChI is InChI=1S/C29H29NO11/c1-16(26(33)34)14-38-25-23(30-17(2)31)29(37-12-6-7-18-10-11-21(32)20(13-18)27(35)36)40-22-15-39-28(41-24(22)25)19-8-4-3-5-9-19/h3-5,8-11,13,22-25,28-29,32H,1,12,14-15H2,2H3,(H,30,31)(H,33,34)(H,35,36)/t22-,23+,24-,25+,28-,29-/m1/s1. The van der Waals surface area contributed by atoms with Gasteiger partial charge in [-0.2, -0.15) is 0 Å². The average molecular weight is 568 g/mol. The van der Waals surface area contributed by atoms with Crippen LogP contribution in [0.4, 0.5) is 0 Å². The Labute approximate surface area is 235 Å². The Morgan fingerprint density at radius 3 is 2.54 bits per heavy atom. The Bertz CT molecular complexity index is 1350. The number of aliphatic carboxylic acids is 1. The summed E-state index contributed by atoms with van der Waals surface area (Å²) in [6, 6.07) is 12.2. The topological polar surface area (TPSA) is 170 Å². The number of fused-ring (bicyclic) bond motifs is 1. The molecule has 41 heavy (non-hydrogen) atoms. The minimum atomic E-state index is -1.30. The van der Waals surface area contributed by atoms with E-state index in [2.05, 4.69) is 23.7 Å². The summed E-state index contributed by atoms with van der Waals surface area (Å²) in [6.07, 6.45) is -4.23. The molecule has 2 aliphatic rings. The summed E-state index contributed by atoms with van der Waals surface area (Å²) in [7, 11) is 0. The van der Waals surface area contributed by atoms with E-state index in [4.69, 9.17) is 23.7 Å². The Morgan fingerprint density at radius 1 is 1.10 bits per heavy atom. The normalized spacial score (nSPS) is 25.2. The molecule has 2 aromatic carbocycles. The number of ether oxygens (including phenoxy) is 5. The Balaban J connectivity index is 1.54. The van der Waals surface area contributed by atoms with Gasteiger partial charge in [-0.1, -0.05) is 48.8 Å². The zero-order valence-electron chi connectivity index (χ0n) is 22.0. The number of phenols is 1. The maximum atomic E-state index is 12.2. The number of amides is 1. The fraction of sp³-hybridized carbons (Fsp3) is 0.345. The monoisotopic (exact) mass is 567 g/mol. The highest BCUT2D eigenvalue weighted by molar-refractivity contribution is 5.91. The molecule has 12 nitrogen and oxygen atoms in total. The van der Waals surface area contributed by atoms with Gasteiger partial charge in [-0.05, 0) is 18.2 Å². The average Bonchev–Trinajstić information content (AvgIpc) is 2.95. The van der Waals surface area contributed by atoms with Gasteiger partial charge in [-0.3, -0.25) is 4.79 Å². The molecule has 216 valence electrons. The number of aromatic carboxylic acids is 1. The van der Waals surface area contributed by atoms with Crippen LogP contribution in [0.2, 0.25) is 0 Å². The fourth-order valence-electron chi connectivity index (χ4n) is 4.39. The molecule has 2 aliphatic heterocycles. The molecule has 4 rings (SSSR count). The summed E-state index contributed by atoms with van der Waals surface area (Å²) >= 11 is 0. The molecule has 4 N–H and O–H groups in total. The summed E-state index contributed by atoms with van der Waals surface area (Å²) < 4.78 is 30.0. The van der Waals surface area contributed by atoms with Crippen molar-refractivity contribution in [3.05, 3.63) is 77.4 Å². The van der Waals surface area contributed by atoms with Crippen LogP contribution in [-0.4, -0.2) is 83.6 Å². The van der Waals surface area contributed by atoms with Crippen molar-refractivity contribution >= 4 is 17.8 Å². The first kappa shape index (κ1) is 29.7. The molecule has 0 aliphatic carbocycles. The SMILES string of the molecule is C=C(CO[C@H]1[C@H](NC(C)=O)[C@H](OCC#Cc2ccc(O)c(C(=O)O)c2)O[C@@H]2CO[C@@H](c3ccccc3)O[C@@H]12)C(=O)O. The lowest BCUT2D eigenvalue weighted by atomic mass is 9.95. The summed E-state index contributed by atoms with van der Waals surface area (Å²) in [4.78, 5) is 34.8. The lowest BCUT2D eigenvalue weighted by molar-refractivity contribution is -0.346. The molecular formula is C29H29NO11. The van der Waals surface area contributed by atoms with Crippen LogP contribution >= 0.6 is 0 Å². The van der Waals surface area contributed by atoms with Gasteiger partial charge in [0.1, 0.15) is 42.3 Å². The second kappa shape index (κ2) is 13.4. The van der Waals surface area contributed by atoms with Crippen molar-refractivity contribution in [2.45, 2.75) is 43.9 Å². The van der Waals surface area contributed by atoms with Crippen molar-refractivity contribution < 1.29 is 53.4 Å². The molecule has 2 heterocycles. The molecule has 0 bridgehead atoms. The van der Waals surface area contributed by atoms with E-state index < -0.39 is 54.8 Å². The first-order chi connectivity index (χ1) is 19.6. The predicted octanol–water partition coefficient (Wildman–Crippen LogP) is 1.83. The first-order valence-corrected chi connectivity index (χ1v) is 12.6. The van der Waals surface area contributed by atoms with Crippen LogP contribution in [0.3, 0.4) is 0 Å². The van der Waals surface area contributed by atoms with Gasteiger partial charge in [0.2, 0.25) is 5.91 Å². The van der Waals surface area contributed by atoms with Crippen molar-refractivity contribution in [2.24, 2.45) is 0 Å². The number of benzene rings is 2. The van der Waals surface area contributed by atoms with Gasteiger partial charge in [0.05, 0.1) is 18.8 Å². The van der Waals surface area contributed by atoms with Gasteiger partial charge in [0.15, 0.2) is 12.6 Å². The van der Waals surface area contributed by atoms with E-state index in [0.29, 0.717) is 5.56 Å². The molecule has 2 saturated heterocycles. The molecule has 12 heteroatoms. The highest BCUT2D eigenvalue weighted by Gasteiger charge is 2.51. The van der Waals surface area contributed by atoms with Crippen molar-refractivity contribution in [3.63, 3.8) is 0 Å². The van der Waals surface area contributed by atoms with Crippen LogP contribution < -0.4 is 5.32 Å². The molecule has 0 aromatic heterocycles. The minimum Gasteiger partial charge on any atom is -0.507 e. The van der Waals surface area contributed by atoms with Crippen LogP contribution in [-0.2, 0) is 33.3 Å². The molecular weight excluding hydrogens is 538 g/mol. The van der Waals surface area contributed by atoms with E-state index in [1.54, 1.807) is 0 Å². The molecule has 0 saturated carbocycles. The van der Waals surface area contributed by atoms with Crippen molar-refractivity contribution in [3.8, 4) is 17.6 Å². The Kier molecular flexibility index (Phi) is 9.72. The van der Waals surface area contributed by atoms with E-state index in [0.717, 1.165) is 5.56 Å². The lowest BCUT2D eigenvalue weighted by Crippen LogP contribution is -2.67. The largest absolute Gasteiger partial charge is 0.507 e. The number of nitrogens with one attached hydrogen (secondary N) is 1. The molecule has 1 amide bonds. The summed E-state index contributed by atoms with van der Waals surface area (Å²) in [6.45, 7) is 4.37. The summed E-state index contributed by atoms with van der Waals surface area (Å²) in [5.41, 5.74) is 0.601. The zero-order chi connectivity index (χ0) is 29.5. The fourth-order valence-corrected chi connectivity index (χ4v) is 4.39. The molecule has 2 aromatic rings. The van der Waals surface area contributed by atoms with E-state index in [1.807, 2.05) is 30.3 Å². The highest BCUT2D eigenvalue weighted by Crippen LogP contribution is 2.36. The van der Waals surface area contributed by atoms with E-state index >= 15 is 0 Å². The van der Waals surface area contributed by atoms with E-state index in [-0.39, 0.29) is 36.7 Å². The third-order valence-corrected chi connectivity index (χ3v) is 6.31. The Morgan fingerprint density at radius 2 is 1.85 bits per heavy atom. The smallest absolute Gasteiger partial charge is 0.339 e. The van der Waals surface area contributed by atoms with E-state index in [9.17, 15) is 29.7 Å². The van der Waals surface area contributed by atoms with Crippen LogP contribution in [0, 0.1) is 11.8 Å². The lowest BCUT2D eigenvalue weighted by Gasteiger charge is -2.49. The number of hydrogen-bond donors (Lipinski definition) is 4. The van der Waals surface area contributed by atoms with Gasteiger partial charge in [0, 0.05) is 18.1 Å². The van der Waals surface area contributed by atoms with Gasteiger partial charge < -0.3 is 44.3 Å². The number of hydrogen-bond acceptors (Lipinski definition) is 9. The number of carboxylic acids is 2. The number of aromatic hydroxyl groups is 1. The Hall–Kier alpha value is -4.25. The van der Waals surface area contributed by atoms with Gasteiger partial charge in [-0.25, -0.2) is 9.59 Å². The van der Waals surface area contributed by atoms with Gasteiger partial charge >= 0.3 is 11.9 Å². The van der Waals surface area contributed by atoms with Gasteiger partial charge in [0.25, 0.3) is 0 Å². The van der Waals surface area contributed by atoms with Gasteiger partial charge in [-0.15, -0.1) is 0 Å². The molecule has 0 unspecified atom stereocenters. The van der Waals surface area contributed by atoms with Crippen LogP contribution in [0.1, 0.15) is 34.7 Å². The zero-order valence-corrected chi connectivity index (χ0v) is 22.0. The number of rotatable bonds is 9. The number of carbonyl (C=O) groups excluding carboxylic acids is 1. The maximum Gasteiger partial charge on any atom is 0.339 e. The van der Waals surface area contributed by atoms with Crippen LogP contribution in [0.25, 0.3) is 0 Å². The second-order valence-corrected chi connectivity index (χ2v) is 9.28. The number of carbonyl (C=O) groups is 3. The predicted molar refractivity (Wildman–Crippen MR) is 141 cm³/mol. The summed E-state index contributed by atoms with van der Waals surface area (Å²) in [5, 5.41) is 30.9. The number of carboxylic acid groups (broad SMARTS) is 2. The third kappa shape index (κ3) is 7.49. The van der Waals surface area contributed by atoms with E-state index in [1.165, 1.54) is 25.1 Å². The maximum absolute atomic E-state index is 12.2. The molecule has 6 atom stereocenters. The molecule has 0 spiro atoms. The van der Waals surface area contributed by atoms with Crippen molar-refractivity contribution in [2.75, 3.05) is 19.8 Å². The molecule has 2 fully saturated rings. The summed E-state index contributed by atoms with van der Waals surface area (Å²) in [5.74, 6) is 2.18. The first-order valence-electron chi connectivity index (χ1n) is 12.6. The van der Waals surface area contributed by atoms with Crippen LogP contribution in [0.15, 0.2) is 60.7 Å². The van der Waals surface area contributed by atoms with Crippen molar-refractivity contribution in [1.82, 2.24) is 5.32 Å². The second-order valence-electron chi connectivity index (χ2n) is 9.28. The van der Waals surface area contributed by atoms with Crippen LogP contribution in [0.5, 0.6) is 5.75 Å².